The van der Waals surface area contributed by atoms with Crippen LogP contribution in [0.15, 0.2) is 36.4 Å². The van der Waals surface area contributed by atoms with Crippen molar-refractivity contribution >= 4 is 26.4 Å². The number of aromatic nitrogens is 1. The number of ether oxygens (including phenoxy) is 3. The lowest BCUT2D eigenvalue weighted by atomic mass is 9.71. The van der Waals surface area contributed by atoms with E-state index in [2.05, 4.69) is 45.7 Å². The molecule has 2 heterocycles. The van der Waals surface area contributed by atoms with Crippen LogP contribution < -0.4 is 4.74 Å². The summed E-state index contributed by atoms with van der Waals surface area (Å²) in [7, 11) is 0.313. The third kappa shape index (κ3) is 5.12. The second kappa shape index (κ2) is 9.56. The molecule has 2 aromatic carbocycles. The van der Waals surface area contributed by atoms with Gasteiger partial charge in [-0.2, -0.15) is 5.26 Å². The van der Waals surface area contributed by atoms with Crippen LogP contribution in [0.3, 0.4) is 0 Å². The molecule has 7 nitrogen and oxygen atoms in total. The number of fused-ring (bicyclic) bond motifs is 4. The third-order valence-electron chi connectivity index (χ3n) is 7.59. The van der Waals surface area contributed by atoms with E-state index >= 15 is 0 Å². The normalized spacial score (nSPS) is 21.6. The van der Waals surface area contributed by atoms with Crippen molar-refractivity contribution in [2.75, 3.05) is 6.61 Å². The van der Waals surface area contributed by atoms with E-state index in [-0.39, 0.29) is 29.6 Å². The predicted octanol–water partition coefficient (Wildman–Crippen LogP) is 6.44. The lowest BCUT2D eigenvalue weighted by Crippen LogP contribution is -2.48. The SMILES string of the molecule is CC1(C)O[C@H](COc2ccc3c(c2)C(C)(C)c2[nH]c4cc(C#N)ccc4c2C3=O)[C@@H](C(C)(C)O[Si]C(C)(C)C)O1. The molecule has 1 N–H and O–H groups in total. The molecule has 2 atom stereocenters. The first-order chi connectivity index (χ1) is 18.5. The van der Waals surface area contributed by atoms with Gasteiger partial charge in [0, 0.05) is 27.6 Å². The maximum absolute atomic E-state index is 13.7. The van der Waals surface area contributed by atoms with Crippen LogP contribution in [0.2, 0.25) is 5.04 Å². The number of rotatable bonds is 6. The lowest BCUT2D eigenvalue weighted by Gasteiger charge is -2.36. The maximum Gasteiger partial charge on any atom is 0.236 e. The van der Waals surface area contributed by atoms with E-state index in [0.29, 0.717) is 32.2 Å². The van der Waals surface area contributed by atoms with Crippen molar-refractivity contribution < 1.29 is 23.4 Å². The van der Waals surface area contributed by atoms with Crippen molar-refractivity contribution in [2.45, 2.75) is 96.4 Å². The molecule has 3 aromatic rings. The maximum atomic E-state index is 13.7. The molecule has 8 heteroatoms. The van der Waals surface area contributed by atoms with E-state index in [9.17, 15) is 10.1 Å². The first-order valence-electron chi connectivity index (χ1n) is 13.7. The highest BCUT2D eigenvalue weighted by Gasteiger charge is 2.50. The van der Waals surface area contributed by atoms with Crippen LogP contribution in [-0.4, -0.2) is 50.7 Å². The summed E-state index contributed by atoms with van der Waals surface area (Å²) in [6.45, 7) is 18.8. The molecule has 1 aliphatic carbocycles. The molecule has 0 saturated carbocycles. The molecule has 1 fully saturated rings. The van der Waals surface area contributed by atoms with Crippen LogP contribution in [0.25, 0.3) is 10.9 Å². The summed E-state index contributed by atoms with van der Waals surface area (Å²) >= 11 is 0. The fraction of sp³-hybridized carbons (Fsp3) is 0.500. The number of aromatic amines is 1. The standard InChI is InChI=1S/C32H38N2O5Si/c1-29(2,3)40-39-31(6,7)28-24(37-32(8,9)38-28)17-36-19-11-13-20-22(15-19)30(4,5)27-25(26(20)35)21-12-10-18(16-33)14-23(21)34-27/h10-15,24,28,34H,17H2,1-9H3/t24-,28+/m1/s1. The monoisotopic (exact) mass is 558 g/mol. The van der Waals surface area contributed by atoms with Gasteiger partial charge < -0.3 is 23.6 Å². The summed E-state index contributed by atoms with van der Waals surface area (Å²) in [5.41, 5.74) is 3.36. The number of nitriles is 1. The molecule has 1 aromatic heterocycles. The van der Waals surface area contributed by atoms with Crippen LogP contribution in [-0.2, 0) is 19.3 Å². The van der Waals surface area contributed by atoms with Gasteiger partial charge >= 0.3 is 0 Å². The molecule has 5 rings (SSSR count). The van der Waals surface area contributed by atoms with Crippen molar-refractivity contribution in [3.8, 4) is 11.8 Å². The fourth-order valence-corrected chi connectivity index (χ4v) is 6.32. The summed E-state index contributed by atoms with van der Waals surface area (Å²) in [6, 6.07) is 13.2. The van der Waals surface area contributed by atoms with Crippen LogP contribution in [0.1, 0.15) is 95.1 Å². The number of carbonyl (C=O) groups excluding carboxylic acids is 1. The van der Waals surface area contributed by atoms with E-state index in [0.717, 1.165) is 22.2 Å². The molecule has 0 spiro atoms. The van der Waals surface area contributed by atoms with Crippen LogP contribution in [0.4, 0.5) is 0 Å². The molecule has 1 saturated heterocycles. The molecule has 2 aliphatic rings. The van der Waals surface area contributed by atoms with Gasteiger partial charge in [-0.05, 0) is 68.6 Å². The lowest BCUT2D eigenvalue weighted by molar-refractivity contribution is -0.162. The second-order valence-corrected chi connectivity index (χ2v) is 15.3. The Labute approximate surface area is 239 Å². The predicted molar refractivity (Wildman–Crippen MR) is 155 cm³/mol. The van der Waals surface area contributed by atoms with Gasteiger partial charge in [0.25, 0.3) is 0 Å². The summed E-state index contributed by atoms with van der Waals surface area (Å²) < 4.78 is 25.2. The quantitative estimate of drug-likeness (QED) is 0.350. The largest absolute Gasteiger partial charge is 0.491 e. The minimum atomic E-state index is -0.758. The summed E-state index contributed by atoms with van der Waals surface area (Å²) in [5, 5.41) is 10.2. The minimum Gasteiger partial charge on any atom is -0.491 e. The molecule has 0 bridgehead atoms. The molecule has 0 unspecified atom stereocenters. The van der Waals surface area contributed by atoms with E-state index < -0.39 is 16.8 Å². The summed E-state index contributed by atoms with van der Waals surface area (Å²) in [5.74, 6) is -0.126. The Morgan fingerprint density at radius 1 is 1.05 bits per heavy atom. The second-order valence-electron chi connectivity index (χ2n) is 13.4. The molecular formula is C32H38N2O5Si. The van der Waals surface area contributed by atoms with E-state index in [4.69, 9.17) is 18.6 Å². The van der Waals surface area contributed by atoms with Crippen LogP contribution in [0.5, 0.6) is 5.75 Å². The van der Waals surface area contributed by atoms with Crippen molar-refractivity contribution in [1.29, 1.82) is 5.26 Å². The van der Waals surface area contributed by atoms with Crippen molar-refractivity contribution in [3.05, 3.63) is 64.3 Å². The number of benzene rings is 2. The van der Waals surface area contributed by atoms with Gasteiger partial charge in [-0.3, -0.25) is 4.79 Å². The number of hydrogen-bond donors (Lipinski definition) is 1. The van der Waals surface area contributed by atoms with E-state index in [1.165, 1.54) is 0 Å². The number of H-pyrrole nitrogens is 1. The molecule has 2 radical (unpaired) electrons. The van der Waals surface area contributed by atoms with Gasteiger partial charge in [0.05, 0.1) is 22.8 Å². The molecular weight excluding hydrogens is 520 g/mol. The number of nitrogens with one attached hydrogen (secondary N) is 1. The Kier molecular flexibility index (Phi) is 6.82. The average Bonchev–Trinajstić information content (AvgIpc) is 3.42. The smallest absolute Gasteiger partial charge is 0.236 e. The number of hydrogen-bond acceptors (Lipinski definition) is 6. The third-order valence-corrected chi connectivity index (χ3v) is 8.83. The average molecular weight is 559 g/mol. The van der Waals surface area contributed by atoms with Gasteiger partial charge in [-0.25, -0.2) is 0 Å². The zero-order chi connectivity index (χ0) is 29.3. The Balaban J connectivity index is 1.40. The highest BCUT2D eigenvalue weighted by molar-refractivity contribution is 6.31. The van der Waals surface area contributed by atoms with Crippen LogP contribution >= 0.6 is 0 Å². The van der Waals surface area contributed by atoms with Crippen LogP contribution in [0, 0.1) is 11.3 Å². The number of carbonyl (C=O) groups is 1. The number of ketones is 1. The Morgan fingerprint density at radius 3 is 2.45 bits per heavy atom. The zero-order valence-corrected chi connectivity index (χ0v) is 25.8. The van der Waals surface area contributed by atoms with Gasteiger partial charge in [-0.15, -0.1) is 0 Å². The van der Waals surface area contributed by atoms with Gasteiger partial charge in [0.2, 0.25) is 9.76 Å². The Hall–Kier alpha value is -2.96. The Bertz CT molecular complexity index is 1520. The topological polar surface area (TPSA) is 93.6 Å². The molecule has 40 heavy (non-hydrogen) atoms. The van der Waals surface area contributed by atoms with E-state index in [1.54, 1.807) is 12.1 Å². The fourth-order valence-electron chi connectivity index (χ4n) is 5.64. The van der Waals surface area contributed by atoms with Gasteiger partial charge in [-0.1, -0.05) is 40.7 Å². The van der Waals surface area contributed by atoms with E-state index in [1.807, 2.05) is 52.0 Å². The molecule has 1 aliphatic heterocycles. The molecule has 210 valence electrons. The summed E-state index contributed by atoms with van der Waals surface area (Å²) in [6.07, 6.45) is -0.657. The number of nitrogens with zero attached hydrogens (tertiary/aromatic N) is 1. The highest BCUT2D eigenvalue weighted by atomic mass is 28.2. The molecule has 0 amide bonds. The van der Waals surface area contributed by atoms with Crippen molar-refractivity contribution in [3.63, 3.8) is 0 Å². The summed E-state index contributed by atoms with van der Waals surface area (Å²) in [4.78, 5) is 17.1. The highest BCUT2D eigenvalue weighted by Crippen LogP contribution is 2.45. The van der Waals surface area contributed by atoms with Crippen molar-refractivity contribution in [1.82, 2.24) is 4.98 Å². The minimum absolute atomic E-state index is 0.0280. The first-order valence-corrected chi connectivity index (χ1v) is 14.6. The Morgan fingerprint density at radius 2 is 1.77 bits per heavy atom. The zero-order valence-electron chi connectivity index (χ0n) is 24.8. The first kappa shape index (κ1) is 28.6. The van der Waals surface area contributed by atoms with Crippen molar-refractivity contribution in [2.24, 2.45) is 0 Å². The van der Waals surface area contributed by atoms with Gasteiger partial charge in [0.1, 0.15) is 24.6 Å². The van der Waals surface area contributed by atoms with Gasteiger partial charge in [0.15, 0.2) is 11.6 Å².